The number of carbonyl (C=O) groups is 1. The van der Waals surface area contributed by atoms with Gasteiger partial charge in [-0.3, -0.25) is 14.4 Å². The van der Waals surface area contributed by atoms with Gasteiger partial charge in [0.1, 0.15) is 0 Å². The van der Waals surface area contributed by atoms with Crippen LogP contribution in [0.1, 0.15) is 22.6 Å². The lowest BCUT2D eigenvalue weighted by atomic mass is 10.1. The Labute approximate surface area is 220 Å². The number of hydrogen-bond acceptors (Lipinski definition) is 6. The molecule has 2 aromatic carbocycles. The predicted molar refractivity (Wildman–Crippen MR) is 143 cm³/mol. The molecule has 0 unspecified atom stereocenters. The molecule has 1 amide bonds. The van der Waals surface area contributed by atoms with Crippen molar-refractivity contribution < 1.29 is 4.79 Å². The Kier molecular flexibility index (Phi) is 7.43. The van der Waals surface area contributed by atoms with Gasteiger partial charge in [-0.2, -0.15) is 9.90 Å². The molecule has 2 aromatic heterocycles. The average molecular weight is 517 g/mol. The fraction of sp³-hybridized carbons (Fsp3) is 0.296. The number of hydrogen-bond donors (Lipinski definition) is 0. The molecular weight excluding hydrogens is 488 g/mol. The molecule has 5 rings (SSSR count). The second-order valence-corrected chi connectivity index (χ2v) is 9.59. The molecule has 190 valence electrons. The summed E-state index contributed by atoms with van der Waals surface area (Å²) in [5, 5.41) is 17.5. The first kappa shape index (κ1) is 24.9. The van der Waals surface area contributed by atoms with Crippen LogP contribution in [0.15, 0.2) is 60.7 Å². The fourth-order valence-electron chi connectivity index (χ4n) is 4.52. The van der Waals surface area contributed by atoms with Gasteiger partial charge in [0.15, 0.2) is 5.82 Å². The van der Waals surface area contributed by atoms with E-state index in [1.807, 2.05) is 59.1 Å². The lowest BCUT2D eigenvalue weighted by molar-refractivity contribution is -0.127. The number of rotatable bonds is 7. The first-order valence-electron chi connectivity index (χ1n) is 12.2. The van der Waals surface area contributed by atoms with Crippen LogP contribution in [0.4, 0.5) is 0 Å². The Morgan fingerprint density at radius 2 is 1.78 bits per heavy atom. The summed E-state index contributed by atoms with van der Waals surface area (Å²) in [6, 6.07) is 18.0. The van der Waals surface area contributed by atoms with Gasteiger partial charge in [-0.05, 0) is 53.1 Å². The molecule has 37 heavy (non-hydrogen) atoms. The second-order valence-electron chi connectivity index (χ2n) is 9.16. The fourth-order valence-corrected chi connectivity index (χ4v) is 4.72. The van der Waals surface area contributed by atoms with E-state index in [0.717, 1.165) is 47.7 Å². The van der Waals surface area contributed by atoms with Crippen molar-refractivity contribution in [1.29, 1.82) is 0 Å². The zero-order valence-corrected chi connectivity index (χ0v) is 21.7. The third-order valence-corrected chi connectivity index (χ3v) is 6.68. The van der Waals surface area contributed by atoms with Gasteiger partial charge < -0.3 is 4.90 Å². The topological polar surface area (TPSA) is 85.0 Å². The van der Waals surface area contributed by atoms with Crippen LogP contribution < -0.4 is 0 Å². The number of piperazine rings is 1. The van der Waals surface area contributed by atoms with Crippen LogP contribution in [-0.2, 0) is 24.9 Å². The molecule has 1 saturated heterocycles. The quantitative estimate of drug-likeness (QED) is 0.350. The Hall–Kier alpha value is -3.82. The van der Waals surface area contributed by atoms with Crippen molar-refractivity contribution in [2.24, 2.45) is 7.05 Å². The zero-order chi connectivity index (χ0) is 25.8. The Morgan fingerprint density at radius 3 is 2.51 bits per heavy atom. The SMILES string of the molecule is Cc1nnn(Cc2cc(Cl)ccc2C=CC(=O)N2CCN(Cc3cc(-c4ccccc4)n(C)n3)CC2)n1. The van der Waals surface area contributed by atoms with Crippen molar-refractivity contribution in [3.63, 3.8) is 0 Å². The molecular formula is C27H29ClN8O. The van der Waals surface area contributed by atoms with Gasteiger partial charge >= 0.3 is 0 Å². The van der Waals surface area contributed by atoms with Crippen molar-refractivity contribution in [1.82, 2.24) is 39.8 Å². The van der Waals surface area contributed by atoms with Gasteiger partial charge in [-0.25, -0.2) is 0 Å². The zero-order valence-electron chi connectivity index (χ0n) is 21.0. The van der Waals surface area contributed by atoms with Gasteiger partial charge in [-0.1, -0.05) is 48.0 Å². The minimum Gasteiger partial charge on any atom is -0.337 e. The summed E-state index contributed by atoms with van der Waals surface area (Å²) in [6.45, 7) is 5.95. The first-order chi connectivity index (χ1) is 17.9. The van der Waals surface area contributed by atoms with Crippen molar-refractivity contribution >= 4 is 23.6 Å². The lowest BCUT2D eigenvalue weighted by Crippen LogP contribution is -2.47. The Balaban J connectivity index is 1.17. The second kappa shape index (κ2) is 11.1. The molecule has 4 aromatic rings. The molecule has 0 bridgehead atoms. The van der Waals surface area contributed by atoms with E-state index in [9.17, 15) is 4.79 Å². The summed E-state index contributed by atoms with van der Waals surface area (Å²) in [6.07, 6.45) is 3.47. The Morgan fingerprint density at radius 1 is 1.00 bits per heavy atom. The summed E-state index contributed by atoms with van der Waals surface area (Å²) in [7, 11) is 1.98. The largest absolute Gasteiger partial charge is 0.337 e. The summed E-state index contributed by atoms with van der Waals surface area (Å²) >= 11 is 6.21. The molecule has 0 saturated carbocycles. The number of nitrogens with zero attached hydrogens (tertiary/aromatic N) is 8. The van der Waals surface area contributed by atoms with Crippen molar-refractivity contribution in [3.8, 4) is 11.3 Å². The highest BCUT2D eigenvalue weighted by molar-refractivity contribution is 6.30. The number of halogens is 1. The number of tetrazole rings is 1. The molecule has 9 nitrogen and oxygen atoms in total. The standard InChI is InChI=1S/C27H29ClN8O/c1-20-29-32-36(30-20)18-23-16-24(28)10-8-21(23)9-11-27(37)35-14-12-34(13-15-35)19-25-17-26(33(2)31-25)22-6-4-3-5-7-22/h3-11,16-17H,12-15,18-19H2,1-2H3. The highest BCUT2D eigenvalue weighted by atomic mass is 35.5. The minimum atomic E-state index is -0.000486. The number of benzene rings is 2. The van der Waals surface area contributed by atoms with E-state index in [1.54, 1.807) is 13.0 Å². The molecule has 0 N–H and O–H groups in total. The molecule has 1 aliphatic heterocycles. The van der Waals surface area contributed by atoms with E-state index in [4.69, 9.17) is 16.7 Å². The number of amides is 1. The summed E-state index contributed by atoms with van der Waals surface area (Å²) < 4.78 is 1.93. The van der Waals surface area contributed by atoms with Gasteiger partial charge in [-0.15, -0.1) is 10.2 Å². The van der Waals surface area contributed by atoms with Crippen molar-refractivity contribution in [2.45, 2.75) is 20.0 Å². The summed E-state index contributed by atoms with van der Waals surface area (Å²) in [4.78, 5) is 18.7. The molecule has 1 fully saturated rings. The first-order valence-corrected chi connectivity index (χ1v) is 12.6. The van der Waals surface area contributed by atoms with Gasteiger partial charge in [0.25, 0.3) is 0 Å². The highest BCUT2D eigenvalue weighted by Crippen LogP contribution is 2.21. The van der Waals surface area contributed by atoms with E-state index in [-0.39, 0.29) is 5.91 Å². The van der Waals surface area contributed by atoms with Crippen molar-refractivity contribution in [3.05, 3.63) is 88.3 Å². The van der Waals surface area contributed by atoms with E-state index in [1.165, 1.54) is 4.80 Å². The molecule has 0 aliphatic carbocycles. The maximum Gasteiger partial charge on any atom is 0.246 e. The third kappa shape index (κ3) is 6.12. The van der Waals surface area contributed by atoms with Gasteiger partial charge in [0, 0.05) is 50.9 Å². The summed E-state index contributed by atoms with van der Waals surface area (Å²) in [5.41, 5.74) is 5.11. The number of aromatic nitrogens is 6. The molecule has 1 aliphatic rings. The van der Waals surface area contributed by atoms with E-state index in [2.05, 4.69) is 38.5 Å². The van der Waals surface area contributed by atoms with E-state index < -0.39 is 0 Å². The van der Waals surface area contributed by atoms with Crippen LogP contribution in [0.2, 0.25) is 5.02 Å². The van der Waals surface area contributed by atoms with Crippen LogP contribution in [0.5, 0.6) is 0 Å². The number of carbonyl (C=O) groups excluding carboxylic acids is 1. The molecule has 10 heteroatoms. The van der Waals surface area contributed by atoms with Crippen LogP contribution in [0.25, 0.3) is 17.3 Å². The Bertz CT molecular complexity index is 1400. The monoisotopic (exact) mass is 516 g/mol. The van der Waals surface area contributed by atoms with Crippen LogP contribution in [-0.4, -0.2) is 71.9 Å². The third-order valence-electron chi connectivity index (χ3n) is 6.44. The predicted octanol–water partition coefficient (Wildman–Crippen LogP) is 3.44. The van der Waals surface area contributed by atoms with Gasteiger partial charge in [0.2, 0.25) is 5.91 Å². The highest BCUT2D eigenvalue weighted by Gasteiger charge is 2.21. The summed E-state index contributed by atoms with van der Waals surface area (Å²) in [5.74, 6) is 0.604. The number of aryl methyl sites for hydroxylation is 2. The molecule has 0 spiro atoms. The van der Waals surface area contributed by atoms with Crippen LogP contribution >= 0.6 is 11.6 Å². The lowest BCUT2D eigenvalue weighted by Gasteiger charge is -2.33. The molecule has 3 heterocycles. The van der Waals surface area contributed by atoms with Gasteiger partial charge in [0.05, 0.1) is 17.9 Å². The maximum absolute atomic E-state index is 12.9. The molecule has 0 atom stereocenters. The smallest absolute Gasteiger partial charge is 0.246 e. The van der Waals surface area contributed by atoms with Crippen LogP contribution in [0.3, 0.4) is 0 Å². The average Bonchev–Trinajstić information content (AvgIpc) is 3.48. The van der Waals surface area contributed by atoms with E-state index in [0.29, 0.717) is 30.5 Å². The van der Waals surface area contributed by atoms with E-state index >= 15 is 0 Å². The normalized spacial score (nSPS) is 14.5. The van der Waals surface area contributed by atoms with Crippen LogP contribution in [0, 0.1) is 6.92 Å². The maximum atomic E-state index is 12.9. The van der Waals surface area contributed by atoms with Crippen molar-refractivity contribution in [2.75, 3.05) is 26.2 Å². The molecule has 0 radical (unpaired) electrons. The minimum absolute atomic E-state index is 0.000486.